The number of thioether (sulfide) groups is 1. The van der Waals surface area contributed by atoms with E-state index in [0.29, 0.717) is 5.22 Å². The second kappa shape index (κ2) is 4.80. The van der Waals surface area contributed by atoms with Gasteiger partial charge in [0.2, 0.25) is 0 Å². The zero-order valence-electron chi connectivity index (χ0n) is 6.92. The van der Waals surface area contributed by atoms with Gasteiger partial charge in [0, 0.05) is 11.8 Å². The van der Waals surface area contributed by atoms with Crippen LogP contribution >= 0.6 is 23.4 Å². The van der Waals surface area contributed by atoms with Crippen LogP contribution in [-0.2, 0) is 5.75 Å². The molecule has 12 heavy (non-hydrogen) atoms. The summed E-state index contributed by atoms with van der Waals surface area (Å²) in [6, 6.07) is 3.88. The minimum Gasteiger partial charge on any atom is -0.449 e. The Balaban J connectivity index is 2.24. The van der Waals surface area contributed by atoms with Gasteiger partial charge in [-0.25, -0.2) is 0 Å². The Labute approximate surface area is 81.5 Å². The molecular formula is C8H12ClNOS. The van der Waals surface area contributed by atoms with E-state index >= 15 is 0 Å². The molecule has 0 amide bonds. The van der Waals surface area contributed by atoms with Crippen LogP contribution in [0.3, 0.4) is 0 Å². The van der Waals surface area contributed by atoms with Gasteiger partial charge in [-0.15, -0.1) is 0 Å². The molecule has 2 nitrogen and oxygen atoms in total. The fourth-order valence-electron chi connectivity index (χ4n) is 0.775. The Morgan fingerprint density at radius 2 is 2.42 bits per heavy atom. The summed E-state index contributed by atoms with van der Waals surface area (Å²) < 4.78 is 5.17. The topological polar surface area (TPSA) is 39.2 Å². The summed E-state index contributed by atoms with van der Waals surface area (Å²) in [5.74, 6) is 2.69. The summed E-state index contributed by atoms with van der Waals surface area (Å²) in [6.45, 7) is 1.99. The Morgan fingerprint density at radius 1 is 1.67 bits per heavy atom. The van der Waals surface area contributed by atoms with Gasteiger partial charge in [-0.05, 0) is 30.7 Å². The molecule has 0 aliphatic heterocycles. The first-order valence-corrected chi connectivity index (χ1v) is 5.29. The highest BCUT2D eigenvalue weighted by Crippen LogP contribution is 2.18. The van der Waals surface area contributed by atoms with Crippen molar-refractivity contribution in [3.8, 4) is 0 Å². The maximum absolute atomic E-state index is 5.60. The van der Waals surface area contributed by atoms with E-state index < -0.39 is 0 Å². The molecule has 1 aromatic rings. The zero-order valence-corrected chi connectivity index (χ0v) is 8.49. The minimum absolute atomic E-state index is 0.237. The number of furan rings is 1. The number of halogens is 1. The molecule has 68 valence electrons. The fraction of sp³-hybridized carbons (Fsp3) is 0.500. The van der Waals surface area contributed by atoms with Gasteiger partial charge in [0.15, 0.2) is 5.22 Å². The van der Waals surface area contributed by atoms with Crippen molar-refractivity contribution >= 4 is 23.4 Å². The van der Waals surface area contributed by atoms with E-state index in [1.165, 1.54) is 0 Å². The van der Waals surface area contributed by atoms with Crippen LogP contribution in [0.2, 0.25) is 5.22 Å². The first kappa shape index (κ1) is 9.96. The molecule has 2 N–H and O–H groups in total. The molecule has 0 aliphatic carbocycles. The quantitative estimate of drug-likeness (QED) is 0.821. The van der Waals surface area contributed by atoms with Crippen molar-refractivity contribution in [3.05, 3.63) is 23.1 Å². The lowest BCUT2D eigenvalue weighted by atomic mass is 10.4. The van der Waals surface area contributed by atoms with Crippen LogP contribution in [0, 0.1) is 0 Å². The standard InChI is InChI=1S/C8H12ClNOS/c1-6(10)4-12-5-7-2-3-8(9)11-7/h2-3,6H,4-5,10H2,1H3/t6-/m0/s1. The molecule has 0 spiro atoms. The zero-order chi connectivity index (χ0) is 8.97. The second-order valence-corrected chi connectivity index (χ2v) is 4.10. The second-order valence-electron chi connectivity index (χ2n) is 2.70. The van der Waals surface area contributed by atoms with Gasteiger partial charge in [-0.1, -0.05) is 0 Å². The number of hydrogen-bond acceptors (Lipinski definition) is 3. The molecule has 0 fully saturated rings. The normalized spacial score (nSPS) is 13.2. The van der Waals surface area contributed by atoms with Crippen LogP contribution in [0.1, 0.15) is 12.7 Å². The summed E-state index contributed by atoms with van der Waals surface area (Å²) in [7, 11) is 0. The van der Waals surface area contributed by atoms with Gasteiger partial charge < -0.3 is 10.2 Å². The van der Waals surface area contributed by atoms with E-state index in [2.05, 4.69) is 0 Å². The maximum atomic E-state index is 5.60. The molecule has 0 unspecified atom stereocenters. The van der Waals surface area contributed by atoms with E-state index in [1.54, 1.807) is 17.8 Å². The third-order valence-electron chi connectivity index (χ3n) is 1.25. The van der Waals surface area contributed by atoms with E-state index in [0.717, 1.165) is 17.3 Å². The Morgan fingerprint density at radius 3 is 2.92 bits per heavy atom. The number of nitrogens with two attached hydrogens (primary N) is 1. The van der Waals surface area contributed by atoms with Crippen molar-refractivity contribution in [2.45, 2.75) is 18.7 Å². The average molecular weight is 206 g/mol. The van der Waals surface area contributed by atoms with E-state index in [1.807, 2.05) is 13.0 Å². The lowest BCUT2D eigenvalue weighted by Gasteiger charge is -2.01. The lowest BCUT2D eigenvalue weighted by Crippen LogP contribution is -2.17. The highest BCUT2D eigenvalue weighted by molar-refractivity contribution is 7.98. The molecule has 1 aromatic heterocycles. The van der Waals surface area contributed by atoms with E-state index in [9.17, 15) is 0 Å². The molecule has 1 heterocycles. The lowest BCUT2D eigenvalue weighted by molar-refractivity contribution is 0.532. The van der Waals surface area contributed by atoms with Crippen LogP contribution < -0.4 is 5.73 Å². The molecular weight excluding hydrogens is 194 g/mol. The van der Waals surface area contributed by atoms with Crippen molar-refractivity contribution in [3.63, 3.8) is 0 Å². The van der Waals surface area contributed by atoms with Crippen LogP contribution in [0.15, 0.2) is 16.5 Å². The molecule has 1 rings (SSSR count). The summed E-state index contributed by atoms with van der Waals surface area (Å²) in [5.41, 5.74) is 5.58. The molecule has 4 heteroatoms. The van der Waals surface area contributed by atoms with Crippen molar-refractivity contribution in [1.29, 1.82) is 0 Å². The Hall–Kier alpha value is -0.120. The van der Waals surface area contributed by atoms with Gasteiger partial charge >= 0.3 is 0 Å². The highest BCUT2D eigenvalue weighted by atomic mass is 35.5. The number of hydrogen-bond donors (Lipinski definition) is 1. The van der Waals surface area contributed by atoms with Crippen LogP contribution in [-0.4, -0.2) is 11.8 Å². The van der Waals surface area contributed by atoms with Crippen molar-refractivity contribution in [2.75, 3.05) is 5.75 Å². The average Bonchev–Trinajstić information content (AvgIpc) is 2.35. The predicted molar refractivity (Wildman–Crippen MR) is 53.5 cm³/mol. The van der Waals surface area contributed by atoms with Crippen molar-refractivity contribution < 1.29 is 4.42 Å². The number of rotatable bonds is 4. The molecule has 0 saturated heterocycles. The SMILES string of the molecule is C[C@H](N)CSCc1ccc(Cl)o1. The van der Waals surface area contributed by atoms with Crippen LogP contribution in [0.25, 0.3) is 0 Å². The van der Waals surface area contributed by atoms with Gasteiger partial charge in [0.1, 0.15) is 5.76 Å². The summed E-state index contributed by atoms with van der Waals surface area (Å²) in [6.07, 6.45) is 0. The smallest absolute Gasteiger partial charge is 0.193 e. The Bertz CT molecular complexity index is 237. The summed E-state index contributed by atoms with van der Waals surface area (Å²) >= 11 is 7.35. The van der Waals surface area contributed by atoms with E-state index in [-0.39, 0.29) is 6.04 Å². The summed E-state index contributed by atoms with van der Waals surface area (Å²) in [5, 5.41) is 0.450. The van der Waals surface area contributed by atoms with Crippen LogP contribution in [0.4, 0.5) is 0 Å². The predicted octanol–water partition coefficient (Wildman–Crippen LogP) is 2.51. The minimum atomic E-state index is 0.237. The van der Waals surface area contributed by atoms with Gasteiger partial charge in [0.05, 0.1) is 5.75 Å². The van der Waals surface area contributed by atoms with Crippen LogP contribution in [0.5, 0.6) is 0 Å². The first-order chi connectivity index (χ1) is 5.68. The fourth-order valence-corrected chi connectivity index (χ4v) is 1.78. The van der Waals surface area contributed by atoms with Gasteiger partial charge in [-0.3, -0.25) is 0 Å². The van der Waals surface area contributed by atoms with Crippen molar-refractivity contribution in [1.82, 2.24) is 0 Å². The van der Waals surface area contributed by atoms with Gasteiger partial charge in [-0.2, -0.15) is 11.8 Å². The third kappa shape index (κ3) is 3.52. The molecule has 0 saturated carbocycles. The molecule has 0 bridgehead atoms. The Kier molecular flexibility index (Phi) is 3.98. The van der Waals surface area contributed by atoms with Crippen molar-refractivity contribution in [2.24, 2.45) is 5.73 Å². The first-order valence-electron chi connectivity index (χ1n) is 3.76. The van der Waals surface area contributed by atoms with E-state index in [4.69, 9.17) is 21.8 Å². The third-order valence-corrected chi connectivity index (χ3v) is 2.71. The van der Waals surface area contributed by atoms with Gasteiger partial charge in [0.25, 0.3) is 0 Å². The molecule has 0 aliphatic rings. The maximum Gasteiger partial charge on any atom is 0.193 e. The molecule has 0 aromatic carbocycles. The molecule has 0 radical (unpaired) electrons. The summed E-state index contributed by atoms with van der Waals surface area (Å²) in [4.78, 5) is 0. The molecule has 1 atom stereocenters. The highest BCUT2D eigenvalue weighted by Gasteiger charge is 2.00. The largest absolute Gasteiger partial charge is 0.449 e. The monoisotopic (exact) mass is 205 g/mol.